The summed E-state index contributed by atoms with van der Waals surface area (Å²) in [4.78, 5) is 9.53. The lowest BCUT2D eigenvalue weighted by Crippen LogP contribution is -2.28. The molecule has 0 bridgehead atoms. The van der Waals surface area contributed by atoms with Crippen molar-refractivity contribution in [2.75, 3.05) is 5.32 Å². The molecule has 1 aromatic carbocycles. The van der Waals surface area contributed by atoms with Crippen molar-refractivity contribution < 1.29 is 5.11 Å². The zero-order valence-corrected chi connectivity index (χ0v) is 17.6. The minimum Gasteiger partial charge on any atom is -0.391 e. The van der Waals surface area contributed by atoms with E-state index in [9.17, 15) is 5.11 Å². The Labute approximate surface area is 180 Å². The lowest BCUT2D eigenvalue weighted by Gasteiger charge is -2.19. The molecular formula is C23H25N7O. The van der Waals surface area contributed by atoms with Gasteiger partial charge in [-0.1, -0.05) is 18.2 Å². The Kier molecular flexibility index (Phi) is 4.99. The van der Waals surface area contributed by atoms with Crippen LogP contribution in [0.15, 0.2) is 55.2 Å². The third-order valence-electron chi connectivity index (χ3n) is 5.77. The van der Waals surface area contributed by atoms with Crippen LogP contribution in [0.3, 0.4) is 0 Å². The van der Waals surface area contributed by atoms with Gasteiger partial charge in [-0.15, -0.1) is 0 Å². The summed E-state index contributed by atoms with van der Waals surface area (Å²) in [7, 11) is 3.79. The standard InChI is InChI=1S/C23H25N7O/c1-29-13-17(10-25-29)15-5-3-6-16(9-15)22-24-12-19(18-11-26-30(2)14-18)23(28-22)27-20-7-4-8-21(20)31/h3,5-6,9-14,20-21,31H,4,7-8H2,1-2H3,(H,24,27,28)/t20-,21-/m0/s1. The van der Waals surface area contributed by atoms with E-state index in [1.807, 2.05) is 51.0 Å². The Hall–Kier alpha value is -3.52. The number of rotatable bonds is 5. The van der Waals surface area contributed by atoms with Crippen molar-refractivity contribution in [3.8, 4) is 33.6 Å². The largest absolute Gasteiger partial charge is 0.391 e. The van der Waals surface area contributed by atoms with Crippen LogP contribution in [0.1, 0.15) is 19.3 Å². The highest BCUT2D eigenvalue weighted by Crippen LogP contribution is 2.32. The fraction of sp³-hybridized carbons (Fsp3) is 0.304. The number of hydrogen-bond acceptors (Lipinski definition) is 6. The minimum absolute atomic E-state index is 0.0140. The average molecular weight is 416 g/mol. The molecule has 8 nitrogen and oxygen atoms in total. The monoisotopic (exact) mass is 415 g/mol. The Morgan fingerprint density at radius 1 is 0.935 bits per heavy atom. The SMILES string of the molecule is Cn1cc(-c2cccc(-c3ncc(-c4cnn(C)c4)c(N[C@H]4CCC[C@@H]4O)n3)c2)cn1. The van der Waals surface area contributed by atoms with Gasteiger partial charge in [-0.2, -0.15) is 10.2 Å². The van der Waals surface area contributed by atoms with Gasteiger partial charge >= 0.3 is 0 Å². The zero-order valence-electron chi connectivity index (χ0n) is 17.6. The Morgan fingerprint density at radius 3 is 2.35 bits per heavy atom. The molecule has 0 amide bonds. The minimum atomic E-state index is -0.367. The maximum atomic E-state index is 10.3. The lowest BCUT2D eigenvalue weighted by atomic mass is 10.1. The maximum absolute atomic E-state index is 10.3. The van der Waals surface area contributed by atoms with Crippen molar-refractivity contribution in [2.45, 2.75) is 31.4 Å². The molecule has 2 atom stereocenters. The zero-order chi connectivity index (χ0) is 21.4. The van der Waals surface area contributed by atoms with Gasteiger partial charge in [-0.05, 0) is 30.9 Å². The van der Waals surface area contributed by atoms with Gasteiger partial charge in [0.05, 0.1) is 24.5 Å². The number of aryl methyl sites for hydroxylation is 2. The van der Waals surface area contributed by atoms with Crippen LogP contribution in [0.25, 0.3) is 33.6 Å². The van der Waals surface area contributed by atoms with E-state index in [2.05, 4.69) is 32.6 Å². The van der Waals surface area contributed by atoms with E-state index >= 15 is 0 Å². The molecule has 1 saturated carbocycles. The van der Waals surface area contributed by atoms with Gasteiger partial charge in [-0.25, -0.2) is 9.97 Å². The molecule has 8 heteroatoms. The average Bonchev–Trinajstić information content (AvgIpc) is 3.50. The smallest absolute Gasteiger partial charge is 0.161 e. The third-order valence-corrected chi connectivity index (χ3v) is 5.77. The van der Waals surface area contributed by atoms with Gasteiger partial charge in [0.15, 0.2) is 5.82 Å². The van der Waals surface area contributed by atoms with Crippen molar-refractivity contribution in [3.05, 3.63) is 55.2 Å². The summed E-state index contributed by atoms with van der Waals surface area (Å²) in [6.45, 7) is 0. The van der Waals surface area contributed by atoms with Crippen LogP contribution in [-0.4, -0.2) is 46.8 Å². The molecule has 1 aliphatic carbocycles. The summed E-state index contributed by atoms with van der Waals surface area (Å²) in [5.41, 5.74) is 4.84. The van der Waals surface area contributed by atoms with Gasteiger partial charge < -0.3 is 10.4 Å². The first-order valence-corrected chi connectivity index (χ1v) is 10.5. The summed E-state index contributed by atoms with van der Waals surface area (Å²) < 4.78 is 3.55. The Morgan fingerprint density at radius 2 is 1.68 bits per heavy atom. The second kappa shape index (κ2) is 7.96. The van der Waals surface area contributed by atoms with Gasteiger partial charge in [0.2, 0.25) is 0 Å². The molecule has 2 N–H and O–H groups in total. The highest BCUT2D eigenvalue weighted by molar-refractivity contribution is 5.76. The van der Waals surface area contributed by atoms with E-state index < -0.39 is 0 Å². The molecule has 0 aliphatic heterocycles. The molecule has 4 aromatic rings. The molecule has 3 aromatic heterocycles. The number of benzene rings is 1. The second-order valence-electron chi connectivity index (χ2n) is 8.09. The van der Waals surface area contributed by atoms with E-state index in [1.54, 1.807) is 15.6 Å². The molecule has 3 heterocycles. The van der Waals surface area contributed by atoms with E-state index in [4.69, 9.17) is 4.98 Å². The predicted molar refractivity (Wildman–Crippen MR) is 119 cm³/mol. The normalized spacial score (nSPS) is 18.4. The Bertz CT molecular complexity index is 1210. The topological polar surface area (TPSA) is 93.7 Å². The summed E-state index contributed by atoms with van der Waals surface area (Å²) in [5.74, 6) is 1.35. The fourth-order valence-electron chi connectivity index (χ4n) is 4.10. The maximum Gasteiger partial charge on any atom is 0.161 e. The molecule has 5 rings (SSSR count). The summed E-state index contributed by atoms with van der Waals surface area (Å²) in [6, 6.07) is 8.12. The molecule has 1 aliphatic rings. The van der Waals surface area contributed by atoms with E-state index in [0.29, 0.717) is 5.82 Å². The number of nitrogens with zero attached hydrogens (tertiary/aromatic N) is 6. The van der Waals surface area contributed by atoms with Crippen LogP contribution in [0, 0.1) is 0 Å². The fourth-order valence-corrected chi connectivity index (χ4v) is 4.10. The third kappa shape index (κ3) is 3.94. The van der Waals surface area contributed by atoms with Crippen LogP contribution >= 0.6 is 0 Å². The number of aliphatic hydroxyl groups is 1. The van der Waals surface area contributed by atoms with Gasteiger partial charge in [-0.3, -0.25) is 9.36 Å². The van der Waals surface area contributed by atoms with E-state index in [-0.39, 0.29) is 12.1 Å². The molecule has 31 heavy (non-hydrogen) atoms. The molecule has 0 unspecified atom stereocenters. The van der Waals surface area contributed by atoms with Gasteiger partial charge in [0.25, 0.3) is 0 Å². The van der Waals surface area contributed by atoms with Crippen molar-refractivity contribution >= 4 is 5.82 Å². The molecule has 158 valence electrons. The van der Waals surface area contributed by atoms with Gasteiger partial charge in [0.1, 0.15) is 5.82 Å². The first kappa shape index (κ1) is 19.4. The summed E-state index contributed by atoms with van der Waals surface area (Å²) in [5, 5.41) is 22.4. The molecular weight excluding hydrogens is 390 g/mol. The highest BCUT2D eigenvalue weighted by atomic mass is 16.3. The molecule has 1 fully saturated rings. The second-order valence-corrected chi connectivity index (χ2v) is 8.09. The number of aliphatic hydroxyl groups excluding tert-OH is 1. The first-order chi connectivity index (χ1) is 15.1. The summed E-state index contributed by atoms with van der Waals surface area (Å²) in [6.07, 6.45) is 11.8. The number of anilines is 1. The van der Waals surface area contributed by atoms with Crippen molar-refractivity contribution in [2.24, 2.45) is 14.1 Å². The van der Waals surface area contributed by atoms with Crippen LogP contribution in [0.5, 0.6) is 0 Å². The predicted octanol–water partition coefficient (Wildman–Crippen LogP) is 3.27. The number of aromatic nitrogens is 6. The van der Waals surface area contributed by atoms with Crippen LogP contribution < -0.4 is 5.32 Å². The lowest BCUT2D eigenvalue weighted by molar-refractivity contribution is 0.171. The van der Waals surface area contributed by atoms with Crippen molar-refractivity contribution in [1.82, 2.24) is 29.5 Å². The molecule has 0 radical (unpaired) electrons. The van der Waals surface area contributed by atoms with E-state index in [0.717, 1.165) is 52.9 Å². The molecule has 0 spiro atoms. The summed E-state index contributed by atoms with van der Waals surface area (Å²) >= 11 is 0. The first-order valence-electron chi connectivity index (χ1n) is 10.5. The van der Waals surface area contributed by atoms with Crippen molar-refractivity contribution in [1.29, 1.82) is 0 Å². The number of hydrogen-bond donors (Lipinski definition) is 2. The van der Waals surface area contributed by atoms with Crippen LogP contribution in [0.2, 0.25) is 0 Å². The molecule has 0 saturated heterocycles. The van der Waals surface area contributed by atoms with Crippen LogP contribution in [-0.2, 0) is 14.1 Å². The number of nitrogens with one attached hydrogen (secondary N) is 1. The van der Waals surface area contributed by atoms with Crippen molar-refractivity contribution in [3.63, 3.8) is 0 Å². The van der Waals surface area contributed by atoms with Crippen LogP contribution in [0.4, 0.5) is 5.82 Å². The Balaban J connectivity index is 1.54. The van der Waals surface area contributed by atoms with Gasteiger partial charge in [0, 0.05) is 54.9 Å². The quantitative estimate of drug-likeness (QED) is 0.520. The van der Waals surface area contributed by atoms with E-state index in [1.165, 1.54) is 0 Å². The highest BCUT2D eigenvalue weighted by Gasteiger charge is 2.26.